The van der Waals surface area contributed by atoms with Gasteiger partial charge in [-0.3, -0.25) is 4.79 Å². The zero-order valence-electron chi connectivity index (χ0n) is 9.05. The Morgan fingerprint density at radius 1 is 1.29 bits per heavy atom. The minimum Gasteiger partial charge on any atom is -0.352 e. The van der Waals surface area contributed by atoms with Crippen LogP contribution in [-0.2, 0) is 6.18 Å². The second-order valence-corrected chi connectivity index (χ2v) is 3.41. The Kier molecular flexibility index (Phi) is 4.31. The Balaban J connectivity index is 2.67. The molecule has 0 spiro atoms. The number of halogens is 3. The molecule has 17 heavy (non-hydrogen) atoms. The van der Waals surface area contributed by atoms with E-state index < -0.39 is 11.7 Å². The van der Waals surface area contributed by atoms with Crippen LogP contribution in [-0.4, -0.2) is 12.5 Å². The summed E-state index contributed by atoms with van der Waals surface area (Å²) in [6.45, 7) is 3.91. The fraction of sp³-hybridized carbons (Fsp3) is 0.250. The minimum atomic E-state index is -4.38. The highest BCUT2D eigenvalue weighted by molar-refractivity contribution is 5.94. The third kappa shape index (κ3) is 3.94. The van der Waals surface area contributed by atoms with Gasteiger partial charge in [0, 0.05) is 12.1 Å². The number of carbonyl (C=O) groups excluding carboxylic acids is 1. The van der Waals surface area contributed by atoms with Gasteiger partial charge in [0.1, 0.15) is 0 Å². The number of hydrogen-bond acceptors (Lipinski definition) is 1. The highest BCUT2D eigenvalue weighted by Crippen LogP contribution is 2.28. The second-order valence-electron chi connectivity index (χ2n) is 3.41. The highest BCUT2D eigenvalue weighted by Gasteiger charge is 2.30. The molecule has 0 bridgehead atoms. The van der Waals surface area contributed by atoms with Gasteiger partial charge in [0.2, 0.25) is 0 Å². The quantitative estimate of drug-likeness (QED) is 0.639. The van der Waals surface area contributed by atoms with Crippen molar-refractivity contribution < 1.29 is 18.0 Å². The van der Waals surface area contributed by atoms with E-state index in [1.165, 1.54) is 0 Å². The summed E-state index contributed by atoms with van der Waals surface area (Å²) in [6.07, 6.45) is -2.11. The van der Waals surface area contributed by atoms with Gasteiger partial charge in [-0.15, -0.1) is 6.58 Å². The molecule has 0 unspecified atom stereocenters. The first-order chi connectivity index (χ1) is 7.95. The van der Waals surface area contributed by atoms with Crippen molar-refractivity contribution in [2.45, 2.75) is 12.6 Å². The van der Waals surface area contributed by atoms with Crippen molar-refractivity contribution in [3.8, 4) is 0 Å². The molecule has 0 saturated heterocycles. The molecule has 0 heterocycles. The first-order valence-corrected chi connectivity index (χ1v) is 5.01. The zero-order valence-corrected chi connectivity index (χ0v) is 9.05. The Morgan fingerprint density at radius 2 is 1.88 bits per heavy atom. The predicted octanol–water partition coefficient (Wildman–Crippen LogP) is 3.01. The molecule has 5 heteroatoms. The van der Waals surface area contributed by atoms with E-state index in [0.717, 1.165) is 24.3 Å². The van der Waals surface area contributed by atoms with Crippen molar-refractivity contribution in [3.05, 3.63) is 48.0 Å². The molecule has 1 rings (SSSR count). The van der Waals surface area contributed by atoms with E-state index >= 15 is 0 Å². The van der Waals surface area contributed by atoms with Gasteiger partial charge < -0.3 is 5.32 Å². The Labute approximate surface area is 97.1 Å². The lowest BCUT2D eigenvalue weighted by Gasteiger charge is -2.07. The maximum Gasteiger partial charge on any atom is 0.416 e. The van der Waals surface area contributed by atoms with Gasteiger partial charge in [0.05, 0.1) is 5.56 Å². The molecule has 1 amide bonds. The van der Waals surface area contributed by atoms with Crippen molar-refractivity contribution >= 4 is 5.91 Å². The van der Waals surface area contributed by atoms with Gasteiger partial charge in [-0.2, -0.15) is 13.2 Å². The average molecular weight is 243 g/mol. The molecular formula is C12H12F3NO. The van der Waals surface area contributed by atoms with Crippen LogP contribution in [0.1, 0.15) is 22.3 Å². The predicted molar refractivity (Wildman–Crippen MR) is 58.6 cm³/mol. The summed E-state index contributed by atoms with van der Waals surface area (Å²) < 4.78 is 36.8. The lowest BCUT2D eigenvalue weighted by atomic mass is 10.1. The molecule has 0 aliphatic carbocycles. The van der Waals surface area contributed by atoms with E-state index in [0.29, 0.717) is 13.0 Å². The van der Waals surface area contributed by atoms with Gasteiger partial charge in [0.25, 0.3) is 5.91 Å². The fourth-order valence-corrected chi connectivity index (χ4v) is 1.20. The number of hydrogen-bond donors (Lipinski definition) is 1. The van der Waals surface area contributed by atoms with Gasteiger partial charge in [-0.25, -0.2) is 0 Å². The summed E-state index contributed by atoms with van der Waals surface area (Å²) in [5, 5.41) is 2.57. The van der Waals surface area contributed by atoms with Gasteiger partial charge in [-0.05, 0) is 30.7 Å². The number of alkyl halides is 3. The first kappa shape index (κ1) is 13.3. The highest BCUT2D eigenvalue weighted by atomic mass is 19.4. The lowest BCUT2D eigenvalue weighted by molar-refractivity contribution is -0.137. The van der Waals surface area contributed by atoms with Crippen LogP contribution in [0.15, 0.2) is 36.9 Å². The molecule has 0 radical (unpaired) electrons. The maximum absolute atomic E-state index is 12.3. The van der Waals surface area contributed by atoms with Crippen LogP contribution >= 0.6 is 0 Å². The van der Waals surface area contributed by atoms with E-state index in [4.69, 9.17) is 0 Å². The zero-order chi connectivity index (χ0) is 12.9. The van der Waals surface area contributed by atoms with Crippen LogP contribution in [0.2, 0.25) is 0 Å². The molecule has 0 atom stereocenters. The number of benzene rings is 1. The molecule has 0 aliphatic heterocycles. The van der Waals surface area contributed by atoms with Gasteiger partial charge in [0.15, 0.2) is 0 Å². The molecule has 1 aromatic rings. The molecule has 1 N–H and O–H groups in total. The number of amides is 1. The average Bonchev–Trinajstić information content (AvgIpc) is 2.28. The van der Waals surface area contributed by atoms with Crippen molar-refractivity contribution in [3.63, 3.8) is 0 Å². The van der Waals surface area contributed by atoms with E-state index in [2.05, 4.69) is 11.9 Å². The summed E-state index contributed by atoms with van der Waals surface area (Å²) in [4.78, 5) is 11.5. The van der Waals surface area contributed by atoms with E-state index in [9.17, 15) is 18.0 Å². The van der Waals surface area contributed by atoms with Gasteiger partial charge >= 0.3 is 6.18 Å². The minimum absolute atomic E-state index is 0.210. The molecule has 0 fully saturated rings. The number of rotatable bonds is 4. The lowest BCUT2D eigenvalue weighted by Crippen LogP contribution is -2.24. The van der Waals surface area contributed by atoms with Crippen molar-refractivity contribution in [2.75, 3.05) is 6.54 Å². The van der Waals surface area contributed by atoms with E-state index in [1.807, 2.05) is 0 Å². The summed E-state index contributed by atoms with van der Waals surface area (Å²) in [6, 6.07) is 4.10. The van der Waals surface area contributed by atoms with Crippen LogP contribution in [0.4, 0.5) is 13.2 Å². The maximum atomic E-state index is 12.3. The van der Waals surface area contributed by atoms with Crippen LogP contribution in [0.25, 0.3) is 0 Å². The van der Waals surface area contributed by atoms with Crippen LogP contribution in [0.3, 0.4) is 0 Å². The topological polar surface area (TPSA) is 29.1 Å². The summed E-state index contributed by atoms with van der Waals surface area (Å²) in [5.74, 6) is -0.388. The van der Waals surface area contributed by atoms with Crippen molar-refractivity contribution in [1.29, 1.82) is 0 Å². The monoisotopic (exact) mass is 243 g/mol. The third-order valence-corrected chi connectivity index (χ3v) is 2.11. The summed E-state index contributed by atoms with van der Waals surface area (Å²) in [5.41, 5.74) is -0.554. The Morgan fingerprint density at radius 3 is 2.35 bits per heavy atom. The van der Waals surface area contributed by atoms with Crippen LogP contribution < -0.4 is 5.32 Å². The molecular weight excluding hydrogens is 231 g/mol. The molecule has 0 aromatic heterocycles. The normalized spacial score (nSPS) is 11.0. The van der Waals surface area contributed by atoms with Gasteiger partial charge in [-0.1, -0.05) is 6.08 Å². The van der Waals surface area contributed by atoms with Crippen LogP contribution in [0.5, 0.6) is 0 Å². The standard InChI is InChI=1S/C12H12F3NO/c1-2-3-8-16-11(17)9-4-6-10(7-5-9)12(13,14)15/h2,4-7H,1,3,8H2,(H,16,17). The first-order valence-electron chi connectivity index (χ1n) is 5.01. The largest absolute Gasteiger partial charge is 0.416 e. The fourth-order valence-electron chi connectivity index (χ4n) is 1.20. The second kappa shape index (κ2) is 5.52. The van der Waals surface area contributed by atoms with Crippen molar-refractivity contribution in [1.82, 2.24) is 5.32 Å². The molecule has 0 saturated carbocycles. The SMILES string of the molecule is C=CCCNC(=O)c1ccc(C(F)(F)F)cc1. The Bertz CT molecular complexity index is 395. The molecule has 2 nitrogen and oxygen atoms in total. The van der Waals surface area contributed by atoms with Crippen molar-refractivity contribution in [2.24, 2.45) is 0 Å². The Hall–Kier alpha value is -1.78. The smallest absolute Gasteiger partial charge is 0.352 e. The van der Waals surface area contributed by atoms with Crippen LogP contribution in [0, 0.1) is 0 Å². The molecule has 92 valence electrons. The number of carbonyl (C=O) groups is 1. The summed E-state index contributed by atoms with van der Waals surface area (Å²) in [7, 11) is 0. The third-order valence-electron chi connectivity index (χ3n) is 2.11. The number of nitrogens with one attached hydrogen (secondary N) is 1. The summed E-state index contributed by atoms with van der Waals surface area (Å²) >= 11 is 0. The van der Waals surface area contributed by atoms with E-state index in [-0.39, 0.29) is 11.5 Å². The van der Waals surface area contributed by atoms with E-state index in [1.54, 1.807) is 6.08 Å². The molecule has 1 aromatic carbocycles. The molecule has 0 aliphatic rings.